The lowest BCUT2D eigenvalue weighted by atomic mass is 10.1. The molecule has 10 nitrogen and oxygen atoms in total. The number of amides is 2. The molecule has 2 rings (SSSR count). The van der Waals surface area contributed by atoms with Crippen LogP contribution in [0.3, 0.4) is 0 Å². The van der Waals surface area contributed by atoms with Gasteiger partial charge in [-0.3, -0.25) is 19.7 Å². The first kappa shape index (κ1) is 20.1. The van der Waals surface area contributed by atoms with Crippen LogP contribution in [-0.2, 0) is 14.3 Å². The van der Waals surface area contributed by atoms with E-state index in [0.29, 0.717) is 5.69 Å². The number of carbonyl (C=O) groups excluding carboxylic acids is 3. The lowest BCUT2D eigenvalue weighted by Gasteiger charge is -2.09. The number of nitro benzene ring substituents is 1. The molecule has 2 aromatic carbocycles. The van der Waals surface area contributed by atoms with Gasteiger partial charge in [0.2, 0.25) is 5.91 Å². The molecule has 0 aliphatic carbocycles. The lowest BCUT2D eigenvalue weighted by molar-refractivity contribution is -0.384. The van der Waals surface area contributed by atoms with E-state index >= 15 is 0 Å². The zero-order chi connectivity index (χ0) is 20.7. The summed E-state index contributed by atoms with van der Waals surface area (Å²) in [6.45, 7) is 0.689. The molecule has 0 aromatic heterocycles. The van der Waals surface area contributed by atoms with Crippen molar-refractivity contribution in [1.82, 2.24) is 0 Å². The average Bonchev–Trinajstić information content (AvgIpc) is 2.65. The summed E-state index contributed by atoms with van der Waals surface area (Å²) in [5.41, 5.74) is 0.196. The minimum absolute atomic E-state index is 0.0572. The van der Waals surface area contributed by atoms with E-state index in [1.165, 1.54) is 31.2 Å². The number of ether oxygens (including phenoxy) is 1. The van der Waals surface area contributed by atoms with Crippen molar-refractivity contribution in [3.63, 3.8) is 0 Å². The number of benzene rings is 2. The Labute approximate surface area is 158 Å². The van der Waals surface area contributed by atoms with Gasteiger partial charge in [-0.1, -0.05) is 6.07 Å². The number of carbonyl (C=O) groups is 3. The van der Waals surface area contributed by atoms with Gasteiger partial charge in [0, 0.05) is 24.7 Å². The summed E-state index contributed by atoms with van der Waals surface area (Å²) >= 11 is 0. The Morgan fingerprint density at radius 2 is 1.93 bits per heavy atom. The molecule has 2 N–H and O–H groups in total. The maximum Gasteiger partial charge on any atom is 0.338 e. The van der Waals surface area contributed by atoms with Gasteiger partial charge in [0.15, 0.2) is 6.61 Å². The fraction of sp³-hybridized carbons (Fsp3) is 0.111. The van der Waals surface area contributed by atoms with Gasteiger partial charge in [0.25, 0.3) is 11.6 Å². The normalized spacial score (nSPS) is 9.71. The Bertz CT molecular complexity index is 996. The average molecular weight is 382 g/mol. The molecule has 0 aliphatic heterocycles. The minimum Gasteiger partial charge on any atom is -0.452 e. The monoisotopic (exact) mass is 382 g/mol. The molecule has 2 amide bonds. The molecule has 0 saturated carbocycles. The van der Waals surface area contributed by atoms with Crippen LogP contribution >= 0.6 is 0 Å². The van der Waals surface area contributed by atoms with E-state index in [1.54, 1.807) is 12.1 Å². The first-order chi connectivity index (χ1) is 13.3. The van der Waals surface area contributed by atoms with Gasteiger partial charge in [-0.2, -0.15) is 5.26 Å². The van der Waals surface area contributed by atoms with E-state index in [-0.39, 0.29) is 28.4 Å². The topological polar surface area (TPSA) is 151 Å². The van der Waals surface area contributed by atoms with Gasteiger partial charge in [0.05, 0.1) is 21.7 Å². The molecule has 0 fully saturated rings. The highest BCUT2D eigenvalue weighted by Crippen LogP contribution is 2.21. The second-order valence-electron chi connectivity index (χ2n) is 5.49. The highest BCUT2D eigenvalue weighted by atomic mass is 16.6. The summed E-state index contributed by atoms with van der Waals surface area (Å²) in [7, 11) is 0. The molecule has 0 saturated heterocycles. The van der Waals surface area contributed by atoms with E-state index in [9.17, 15) is 24.5 Å². The molecule has 10 heteroatoms. The van der Waals surface area contributed by atoms with Gasteiger partial charge in [-0.25, -0.2) is 4.79 Å². The number of esters is 1. The van der Waals surface area contributed by atoms with Crippen LogP contribution in [0.15, 0.2) is 42.5 Å². The third kappa shape index (κ3) is 5.37. The summed E-state index contributed by atoms with van der Waals surface area (Å²) in [5, 5.41) is 24.7. The third-order valence-corrected chi connectivity index (χ3v) is 3.36. The fourth-order valence-electron chi connectivity index (χ4n) is 2.18. The number of hydrogen-bond acceptors (Lipinski definition) is 7. The quantitative estimate of drug-likeness (QED) is 0.441. The summed E-state index contributed by atoms with van der Waals surface area (Å²) in [4.78, 5) is 45.1. The van der Waals surface area contributed by atoms with Crippen molar-refractivity contribution in [2.24, 2.45) is 0 Å². The maximum absolute atomic E-state index is 12.0. The molecule has 0 atom stereocenters. The Morgan fingerprint density at radius 3 is 2.57 bits per heavy atom. The van der Waals surface area contributed by atoms with Gasteiger partial charge >= 0.3 is 5.97 Å². The number of nitro groups is 1. The summed E-state index contributed by atoms with van der Waals surface area (Å²) in [5.74, 6) is -1.82. The van der Waals surface area contributed by atoms with Crippen LogP contribution in [0.1, 0.15) is 22.8 Å². The van der Waals surface area contributed by atoms with Gasteiger partial charge in [0.1, 0.15) is 6.07 Å². The number of non-ortho nitro benzene ring substituents is 1. The first-order valence-corrected chi connectivity index (χ1v) is 7.83. The molecule has 0 spiro atoms. The SMILES string of the molecule is CC(=O)Nc1cccc(C(=O)OCC(=O)Nc2ccc([N+](=O)[O-])cc2C#N)c1. The third-order valence-electron chi connectivity index (χ3n) is 3.36. The summed E-state index contributed by atoms with van der Waals surface area (Å²) in [6, 6.07) is 11.1. The second-order valence-corrected chi connectivity index (χ2v) is 5.49. The van der Waals surface area contributed by atoms with Crippen molar-refractivity contribution >= 4 is 34.8 Å². The van der Waals surface area contributed by atoms with Crippen LogP contribution in [0.4, 0.5) is 17.1 Å². The van der Waals surface area contributed by atoms with Crippen LogP contribution < -0.4 is 10.6 Å². The van der Waals surface area contributed by atoms with Gasteiger partial charge in [-0.15, -0.1) is 0 Å². The Kier molecular flexibility index (Phi) is 6.38. The smallest absolute Gasteiger partial charge is 0.338 e. The van der Waals surface area contributed by atoms with Crippen LogP contribution in [0.5, 0.6) is 0 Å². The van der Waals surface area contributed by atoms with Crippen LogP contribution in [0.25, 0.3) is 0 Å². The van der Waals surface area contributed by atoms with Gasteiger partial charge < -0.3 is 15.4 Å². The van der Waals surface area contributed by atoms with Crippen LogP contribution in [0.2, 0.25) is 0 Å². The molecule has 28 heavy (non-hydrogen) atoms. The Morgan fingerprint density at radius 1 is 1.18 bits per heavy atom. The number of hydrogen-bond donors (Lipinski definition) is 2. The molecular formula is C18H14N4O6. The van der Waals surface area contributed by atoms with E-state index in [0.717, 1.165) is 12.1 Å². The maximum atomic E-state index is 12.0. The molecular weight excluding hydrogens is 368 g/mol. The molecule has 142 valence electrons. The highest BCUT2D eigenvalue weighted by molar-refractivity contribution is 5.97. The largest absolute Gasteiger partial charge is 0.452 e. The molecule has 0 heterocycles. The first-order valence-electron chi connectivity index (χ1n) is 7.83. The van der Waals surface area contributed by atoms with E-state index < -0.39 is 23.4 Å². The zero-order valence-corrected chi connectivity index (χ0v) is 14.6. The van der Waals surface area contributed by atoms with Crippen LogP contribution in [0, 0.1) is 21.4 Å². The molecule has 2 aromatic rings. The predicted molar refractivity (Wildman–Crippen MR) is 97.5 cm³/mol. The zero-order valence-electron chi connectivity index (χ0n) is 14.6. The lowest BCUT2D eigenvalue weighted by Crippen LogP contribution is -2.21. The van der Waals surface area contributed by atoms with Crippen LogP contribution in [-0.4, -0.2) is 29.3 Å². The number of nitrogens with zero attached hydrogens (tertiary/aromatic N) is 2. The van der Waals surface area contributed by atoms with E-state index in [4.69, 9.17) is 10.00 Å². The fourth-order valence-corrected chi connectivity index (χ4v) is 2.18. The van der Waals surface area contributed by atoms with Crippen molar-refractivity contribution in [2.45, 2.75) is 6.92 Å². The van der Waals surface area contributed by atoms with E-state index in [2.05, 4.69) is 10.6 Å². The number of anilines is 2. The number of nitriles is 1. The number of rotatable bonds is 6. The standard InChI is InChI=1S/C18H14N4O6/c1-11(23)20-14-4-2-3-12(7-14)18(25)28-10-17(24)21-16-6-5-15(22(26)27)8-13(16)9-19/h2-8H,10H2,1H3,(H,20,23)(H,21,24). The highest BCUT2D eigenvalue weighted by Gasteiger charge is 2.15. The Balaban J connectivity index is 1.99. The number of nitrogens with one attached hydrogen (secondary N) is 2. The minimum atomic E-state index is -0.786. The summed E-state index contributed by atoms with van der Waals surface area (Å²) in [6.07, 6.45) is 0. The van der Waals surface area contributed by atoms with E-state index in [1.807, 2.05) is 0 Å². The predicted octanol–water partition coefficient (Wildman–Crippen LogP) is 2.22. The second kappa shape index (κ2) is 8.91. The van der Waals surface area contributed by atoms with Crippen molar-refractivity contribution < 1.29 is 24.0 Å². The Hall–Kier alpha value is -4.26. The summed E-state index contributed by atoms with van der Waals surface area (Å²) < 4.78 is 4.90. The molecule has 0 radical (unpaired) electrons. The van der Waals surface area contributed by atoms with Gasteiger partial charge in [-0.05, 0) is 24.3 Å². The molecule has 0 aliphatic rings. The van der Waals surface area contributed by atoms with Crippen molar-refractivity contribution in [3.8, 4) is 6.07 Å². The van der Waals surface area contributed by atoms with Crippen molar-refractivity contribution in [2.75, 3.05) is 17.2 Å². The van der Waals surface area contributed by atoms with Crippen molar-refractivity contribution in [3.05, 3.63) is 63.7 Å². The molecule has 0 unspecified atom stereocenters. The molecule has 0 bridgehead atoms. The van der Waals surface area contributed by atoms with Crippen molar-refractivity contribution in [1.29, 1.82) is 5.26 Å².